The van der Waals surface area contributed by atoms with Crippen LogP contribution in [0.3, 0.4) is 0 Å². The summed E-state index contributed by atoms with van der Waals surface area (Å²) < 4.78 is 1.73. The van der Waals surface area contributed by atoms with E-state index in [-0.39, 0.29) is 18.4 Å². The van der Waals surface area contributed by atoms with Gasteiger partial charge in [-0.3, -0.25) is 9.59 Å². The van der Waals surface area contributed by atoms with Gasteiger partial charge in [0.15, 0.2) is 0 Å². The van der Waals surface area contributed by atoms with Gasteiger partial charge in [-0.25, -0.2) is 4.98 Å². The van der Waals surface area contributed by atoms with Gasteiger partial charge in [-0.15, -0.1) is 0 Å². The number of hydrogen-bond acceptors (Lipinski definition) is 3. The van der Waals surface area contributed by atoms with Crippen LogP contribution in [0.25, 0.3) is 0 Å². The molecule has 1 aliphatic rings. The van der Waals surface area contributed by atoms with Crippen LogP contribution in [0, 0.1) is 6.92 Å². The van der Waals surface area contributed by atoms with Crippen molar-refractivity contribution < 1.29 is 9.59 Å². The fourth-order valence-corrected chi connectivity index (χ4v) is 2.77. The van der Waals surface area contributed by atoms with Crippen LogP contribution >= 0.6 is 0 Å². The van der Waals surface area contributed by atoms with Crippen LogP contribution in [-0.4, -0.2) is 50.8 Å². The van der Waals surface area contributed by atoms with Crippen molar-refractivity contribution in [3.05, 3.63) is 53.6 Å². The third kappa shape index (κ3) is 3.41. The molecule has 1 aromatic carbocycles. The van der Waals surface area contributed by atoms with Gasteiger partial charge in [0.25, 0.3) is 5.91 Å². The Bertz CT molecular complexity index is 738. The molecule has 0 N–H and O–H groups in total. The number of aromatic nitrogens is 2. The lowest BCUT2D eigenvalue weighted by atomic mass is 10.1. The number of carbonyl (C=O) groups excluding carboxylic acids is 2. The van der Waals surface area contributed by atoms with Crippen molar-refractivity contribution in [1.29, 1.82) is 0 Å². The lowest BCUT2D eigenvalue weighted by Crippen LogP contribution is -2.51. The average Bonchev–Trinajstić information content (AvgIpc) is 2.95. The van der Waals surface area contributed by atoms with Gasteiger partial charge in [0.2, 0.25) is 5.91 Å². The number of hydrogen-bond donors (Lipinski definition) is 0. The zero-order valence-corrected chi connectivity index (χ0v) is 13.4. The van der Waals surface area contributed by atoms with Crippen molar-refractivity contribution in [2.24, 2.45) is 7.05 Å². The van der Waals surface area contributed by atoms with E-state index in [1.54, 1.807) is 26.9 Å². The molecule has 3 rings (SSSR count). The maximum absolute atomic E-state index is 12.3. The van der Waals surface area contributed by atoms with Gasteiger partial charge >= 0.3 is 0 Å². The Labute approximate surface area is 135 Å². The molecule has 120 valence electrons. The molecule has 0 bridgehead atoms. The number of aryl methyl sites for hydroxylation is 2. The monoisotopic (exact) mass is 312 g/mol. The first-order valence-electron chi connectivity index (χ1n) is 7.63. The Morgan fingerprint density at radius 2 is 2.13 bits per heavy atom. The topological polar surface area (TPSA) is 58.4 Å². The average molecular weight is 312 g/mol. The summed E-state index contributed by atoms with van der Waals surface area (Å²) in [5, 5.41) is 0. The van der Waals surface area contributed by atoms with Gasteiger partial charge in [0.1, 0.15) is 12.2 Å². The minimum atomic E-state index is -0.186. The highest BCUT2D eigenvalue weighted by Crippen LogP contribution is 2.13. The predicted molar refractivity (Wildman–Crippen MR) is 85.7 cm³/mol. The number of amides is 2. The molecule has 0 aliphatic carbocycles. The second kappa shape index (κ2) is 6.24. The van der Waals surface area contributed by atoms with Crippen LogP contribution in [0.5, 0.6) is 0 Å². The Morgan fingerprint density at radius 1 is 1.30 bits per heavy atom. The molecule has 1 fully saturated rings. The summed E-state index contributed by atoms with van der Waals surface area (Å²) in [6.07, 6.45) is 3.26. The zero-order valence-electron chi connectivity index (χ0n) is 13.4. The van der Waals surface area contributed by atoms with Crippen molar-refractivity contribution in [3.8, 4) is 0 Å². The van der Waals surface area contributed by atoms with Crippen molar-refractivity contribution in [3.63, 3.8) is 0 Å². The predicted octanol–water partition coefficient (Wildman–Crippen LogP) is 1.21. The molecule has 0 spiro atoms. The molecule has 6 heteroatoms. The van der Waals surface area contributed by atoms with Gasteiger partial charge < -0.3 is 14.4 Å². The summed E-state index contributed by atoms with van der Waals surface area (Å²) in [5.74, 6) is -0.212. The number of imidazole rings is 1. The summed E-state index contributed by atoms with van der Waals surface area (Å²) in [7, 11) is 1.81. The van der Waals surface area contributed by atoms with Crippen LogP contribution < -0.4 is 0 Å². The third-order valence-electron chi connectivity index (χ3n) is 3.99. The molecule has 0 radical (unpaired) electrons. The summed E-state index contributed by atoms with van der Waals surface area (Å²) in [5.41, 5.74) is 2.68. The Hall–Kier alpha value is -2.63. The summed E-state index contributed by atoms with van der Waals surface area (Å²) in [6.45, 7) is 3.82. The summed E-state index contributed by atoms with van der Waals surface area (Å²) in [4.78, 5) is 32.1. The fourth-order valence-electron chi connectivity index (χ4n) is 2.77. The molecule has 0 unspecified atom stereocenters. The van der Waals surface area contributed by atoms with Gasteiger partial charge in [-0.1, -0.05) is 29.8 Å². The molecule has 1 aliphatic heterocycles. The van der Waals surface area contributed by atoms with E-state index in [0.717, 1.165) is 5.56 Å². The van der Waals surface area contributed by atoms with E-state index in [0.29, 0.717) is 25.3 Å². The molecular formula is C17H20N4O2. The molecule has 2 amide bonds. The van der Waals surface area contributed by atoms with E-state index in [1.807, 2.05) is 32.2 Å². The summed E-state index contributed by atoms with van der Waals surface area (Å²) >= 11 is 0. The Balaban J connectivity index is 1.63. The molecule has 2 heterocycles. The van der Waals surface area contributed by atoms with Gasteiger partial charge in [0, 0.05) is 32.9 Å². The molecular weight excluding hydrogens is 292 g/mol. The highest BCUT2D eigenvalue weighted by molar-refractivity contribution is 5.95. The van der Waals surface area contributed by atoms with E-state index in [2.05, 4.69) is 11.1 Å². The molecule has 6 nitrogen and oxygen atoms in total. The largest absolute Gasteiger partial charge is 0.340 e. The van der Waals surface area contributed by atoms with Crippen LogP contribution in [-0.2, 0) is 18.4 Å². The van der Waals surface area contributed by atoms with E-state index in [1.165, 1.54) is 5.56 Å². The normalized spacial score (nSPS) is 15.1. The molecule has 1 aromatic heterocycles. The van der Waals surface area contributed by atoms with Crippen molar-refractivity contribution in [1.82, 2.24) is 19.4 Å². The number of rotatable bonds is 3. The quantitative estimate of drug-likeness (QED) is 0.856. The number of piperazine rings is 1. The molecule has 0 saturated carbocycles. The minimum absolute atomic E-state index is 0.0259. The number of nitrogens with zero attached hydrogens (tertiary/aromatic N) is 4. The summed E-state index contributed by atoms with van der Waals surface area (Å²) in [6, 6.07) is 8.13. The highest BCUT2D eigenvalue weighted by Gasteiger charge is 2.28. The Kier molecular flexibility index (Phi) is 4.14. The lowest BCUT2D eigenvalue weighted by Gasteiger charge is -2.34. The SMILES string of the molecule is Cc1cccc(CN2CCN(C(=O)c3cn(C)cn3)CC2=O)c1. The number of benzene rings is 1. The minimum Gasteiger partial charge on any atom is -0.340 e. The van der Waals surface area contributed by atoms with Crippen LogP contribution in [0.15, 0.2) is 36.8 Å². The van der Waals surface area contributed by atoms with Crippen molar-refractivity contribution in [2.75, 3.05) is 19.6 Å². The standard InChI is InChI=1S/C17H20N4O2/c1-13-4-3-5-14(8-13)9-20-6-7-21(11-16(20)22)17(23)15-10-19(2)12-18-15/h3-5,8,10,12H,6-7,9,11H2,1-2H3. The zero-order chi connectivity index (χ0) is 16.4. The van der Waals surface area contributed by atoms with E-state index in [4.69, 9.17) is 0 Å². The highest BCUT2D eigenvalue weighted by atomic mass is 16.2. The second-order valence-corrected chi connectivity index (χ2v) is 5.96. The molecule has 2 aromatic rings. The molecule has 0 atom stereocenters. The smallest absolute Gasteiger partial charge is 0.274 e. The molecule has 1 saturated heterocycles. The van der Waals surface area contributed by atoms with E-state index in [9.17, 15) is 9.59 Å². The van der Waals surface area contributed by atoms with Crippen LogP contribution in [0.2, 0.25) is 0 Å². The van der Waals surface area contributed by atoms with Gasteiger partial charge in [0.05, 0.1) is 6.33 Å². The number of carbonyl (C=O) groups is 2. The van der Waals surface area contributed by atoms with E-state index < -0.39 is 0 Å². The van der Waals surface area contributed by atoms with Gasteiger partial charge in [-0.2, -0.15) is 0 Å². The van der Waals surface area contributed by atoms with E-state index >= 15 is 0 Å². The van der Waals surface area contributed by atoms with Crippen LogP contribution in [0.1, 0.15) is 21.6 Å². The first kappa shape index (κ1) is 15.3. The first-order valence-corrected chi connectivity index (χ1v) is 7.63. The second-order valence-electron chi connectivity index (χ2n) is 5.96. The molecule has 23 heavy (non-hydrogen) atoms. The Morgan fingerprint density at radius 3 is 2.78 bits per heavy atom. The lowest BCUT2D eigenvalue weighted by molar-refractivity contribution is -0.135. The fraction of sp³-hybridized carbons (Fsp3) is 0.353. The first-order chi connectivity index (χ1) is 11.0. The van der Waals surface area contributed by atoms with Crippen molar-refractivity contribution in [2.45, 2.75) is 13.5 Å². The third-order valence-corrected chi connectivity index (χ3v) is 3.99. The van der Waals surface area contributed by atoms with Crippen LogP contribution in [0.4, 0.5) is 0 Å². The van der Waals surface area contributed by atoms with Gasteiger partial charge in [-0.05, 0) is 12.5 Å². The maximum atomic E-state index is 12.3. The van der Waals surface area contributed by atoms with Crippen molar-refractivity contribution >= 4 is 11.8 Å². The maximum Gasteiger partial charge on any atom is 0.274 e.